The number of aliphatic carboxylic acids is 1. The molecular formula is C11H9N3O3S. The summed E-state index contributed by atoms with van der Waals surface area (Å²) >= 11 is 1.18. The molecule has 1 amide bonds. The molecule has 0 atom stereocenters. The third-order valence-corrected chi connectivity index (χ3v) is 2.81. The zero-order chi connectivity index (χ0) is 13.0. The molecule has 2 heterocycles. The largest absolute Gasteiger partial charge is 0.481 e. The number of hydrogen-bond acceptors (Lipinski definition) is 5. The molecule has 0 aliphatic heterocycles. The summed E-state index contributed by atoms with van der Waals surface area (Å²) in [6, 6.07) is 5.01. The first-order chi connectivity index (χ1) is 8.65. The number of carbonyl (C=O) groups is 2. The van der Waals surface area contributed by atoms with Gasteiger partial charge >= 0.3 is 5.97 Å². The first kappa shape index (κ1) is 12.2. The molecule has 0 bridgehead atoms. The van der Waals surface area contributed by atoms with Crippen LogP contribution in [0.5, 0.6) is 0 Å². The molecule has 0 aliphatic carbocycles. The maximum absolute atomic E-state index is 11.7. The highest BCUT2D eigenvalue weighted by molar-refractivity contribution is 7.14. The fraction of sp³-hybridized carbons (Fsp3) is 0.0909. The molecule has 0 aromatic carbocycles. The van der Waals surface area contributed by atoms with Crippen LogP contribution in [0.1, 0.15) is 16.2 Å². The highest BCUT2D eigenvalue weighted by atomic mass is 32.1. The van der Waals surface area contributed by atoms with E-state index in [1.165, 1.54) is 17.5 Å². The molecule has 0 spiro atoms. The number of thiazole rings is 1. The summed E-state index contributed by atoms with van der Waals surface area (Å²) < 4.78 is 0. The minimum atomic E-state index is -0.956. The molecule has 0 unspecified atom stereocenters. The van der Waals surface area contributed by atoms with Crippen LogP contribution in [0.4, 0.5) is 5.13 Å². The Hall–Kier alpha value is -2.28. The van der Waals surface area contributed by atoms with Crippen molar-refractivity contribution in [3.8, 4) is 0 Å². The number of pyridine rings is 1. The summed E-state index contributed by atoms with van der Waals surface area (Å²) in [5, 5.41) is 13.1. The smallest absolute Gasteiger partial charge is 0.309 e. The van der Waals surface area contributed by atoms with Crippen LogP contribution < -0.4 is 5.32 Å². The Balaban J connectivity index is 2.04. The Labute approximate surface area is 106 Å². The molecule has 0 aliphatic rings. The summed E-state index contributed by atoms with van der Waals surface area (Å²) in [5.41, 5.74) is 0.705. The summed E-state index contributed by atoms with van der Waals surface area (Å²) in [5.74, 6) is -1.32. The van der Waals surface area contributed by atoms with E-state index in [0.717, 1.165) is 0 Å². The van der Waals surface area contributed by atoms with Gasteiger partial charge in [0.1, 0.15) is 5.69 Å². The molecule has 0 radical (unpaired) electrons. The number of carboxylic acids is 1. The van der Waals surface area contributed by atoms with Gasteiger partial charge in [-0.2, -0.15) is 0 Å². The fourth-order valence-electron chi connectivity index (χ4n) is 1.26. The number of nitrogens with zero attached hydrogens (tertiary/aromatic N) is 2. The van der Waals surface area contributed by atoms with Crippen molar-refractivity contribution in [2.75, 3.05) is 5.32 Å². The molecule has 6 nitrogen and oxygen atoms in total. The molecule has 0 saturated heterocycles. The minimum absolute atomic E-state index is 0.157. The van der Waals surface area contributed by atoms with Crippen LogP contribution in [-0.4, -0.2) is 27.0 Å². The van der Waals surface area contributed by atoms with Crippen molar-refractivity contribution in [2.45, 2.75) is 6.42 Å². The van der Waals surface area contributed by atoms with E-state index in [9.17, 15) is 9.59 Å². The van der Waals surface area contributed by atoms with Gasteiger partial charge in [-0.15, -0.1) is 11.3 Å². The van der Waals surface area contributed by atoms with Crippen molar-refractivity contribution in [1.82, 2.24) is 9.97 Å². The summed E-state index contributed by atoms with van der Waals surface area (Å²) in [4.78, 5) is 30.1. The Morgan fingerprint density at radius 3 is 2.89 bits per heavy atom. The van der Waals surface area contributed by atoms with Crippen molar-refractivity contribution in [3.63, 3.8) is 0 Å². The van der Waals surface area contributed by atoms with Crippen molar-refractivity contribution in [1.29, 1.82) is 0 Å². The van der Waals surface area contributed by atoms with Crippen molar-refractivity contribution in [3.05, 3.63) is 41.2 Å². The van der Waals surface area contributed by atoms with E-state index in [1.54, 1.807) is 23.6 Å². The highest BCUT2D eigenvalue weighted by Gasteiger charge is 2.10. The van der Waals surface area contributed by atoms with E-state index in [-0.39, 0.29) is 18.0 Å². The van der Waals surface area contributed by atoms with Crippen LogP contribution >= 0.6 is 11.3 Å². The second-order valence-electron chi connectivity index (χ2n) is 3.38. The van der Waals surface area contributed by atoms with E-state index < -0.39 is 5.97 Å². The number of anilines is 1. The van der Waals surface area contributed by atoms with Gasteiger partial charge in [0.2, 0.25) is 0 Å². The van der Waals surface area contributed by atoms with E-state index in [4.69, 9.17) is 5.11 Å². The van der Waals surface area contributed by atoms with Gasteiger partial charge in [0, 0.05) is 11.6 Å². The predicted molar refractivity (Wildman–Crippen MR) is 65.6 cm³/mol. The van der Waals surface area contributed by atoms with Gasteiger partial charge in [0.05, 0.1) is 12.1 Å². The monoisotopic (exact) mass is 263 g/mol. The zero-order valence-electron chi connectivity index (χ0n) is 9.16. The molecular weight excluding hydrogens is 254 g/mol. The third-order valence-electron chi connectivity index (χ3n) is 2.00. The normalized spacial score (nSPS) is 10.0. The summed E-state index contributed by atoms with van der Waals surface area (Å²) in [6.07, 6.45) is 1.36. The van der Waals surface area contributed by atoms with E-state index >= 15 is 0 Å². The van der Waals surface area contributed by atoms with E-state index in [0.29, 0.717) is 10.8 Å². The zero-order valence-corrected chi connectivity index (χ0v) is 9.98. The van der Waals surface area contributed by atoms with Gasteiger partial charge in [0.25, 0.3) is 5.91 Å². The molecule has 2 N–H and O–H groups in total. The van der Waals surface area contributed by atoms with Crippen molar-refractivity contribution in [2.24, 2.45) is 0 Å². The van der Waals surface area contributed by atoms with Gasteiger partial charge in [-0.25, -0.2) is 4.98 Å². The Morgan fingerprint density at radius 1 is 1.39 bits per heavy atom. The molecule has 0 fully saturated rings. The lowest BCUT2D eigenvalue weighted by Gasteiger charge is -1.99. The van der Waals surface area contributed by atoms with Crippen LogP contribution in [-0.2, 0) is 11.2 Å². The topological polar surface area (TPSA) is 92.2 Å². The lowest BCUT2D eigenvalue weighted by atomic mass is 10.3. The quantitative estimate of drug-likeness (QED) is 0.870. The van der Waals surface area contributed by atoms with E-state index in [2.05, 4.69) is 15.3 Å². The standard InChI is InChI=1S/C11H9N3O3S/c15-9(16)5-7-6-18-11(13-7)14-10(17)8-3-1-2-4-12-8/h1-4,6H,5H2,(H,15,16)(H,13,14,17). The second-order valence-corrected chi connectivity index (χ2v) is 4.24. The second kappa shape index (κ2) is 5.37. The van der Waals surface area contributed by atoms with Gasteiger partial charge in [-0.3, -0.25) is 19.9 Å². The first-order valence-corrected chi connectivity index (χ1v) is 5.91. The lowest BCUT2D eigenvalue weighted by molar-refractivity contribution is -0.136. The fourth-order valence-corrected chi connectivity index (χ4v) is 1.96. The number of carbonyl (C=O) groups excluding carboxylic acids is 1. The predicted octanol–water partition coefficient (Wildman–Crippen LogP) is 1.42. The van der Waals surface area contributed by atoms with Crippen LogP contribution in [0, 0.1) is 0 Å². The number of hydrogen-bond donors (Lipinski definition) is 2. The Bertz CT molecular complexity index is 568. The molecule has 18 heavy (non-hydrogen) atoms. The first-order valence-electron chi connectivity index (χ1n) is 5.04. The number of rotatable bonds is 4. The number of aromatic nitrogens is 2. The molecule has 2 aromatic heterocycles. The molecule has 2 aromatic rings. The molecule has 92 valence electrons. The van der Waals surface area contributed by atoms with Gasteiger partial charge in [-0.05, 0) is 12.1 Å². The Morgan fingerprint density at radius 2 is 2.22 bits per heavy atom. The maximum atomic E-state index is 11.7. The molecule has 7 heteroatoms. The number of amides is 1. The molecule has 0 saturated carbocycles. The number of nitrogens with one attached hydrogen (secondary N) is 1. The Kier molecular flexibility index (Phi) is 3.63. The van der Waals surface area contributed by atoms with Gasteiger partial charge < -0.3 is 5.11 Å². The van der Waals surface area contributed by atoms with Gasteiger partial charge in [0.15, 0.2) is 5.13 Å². The average Bonchev–Trinajstić information content (AvgIpc) is 2.76. The van der Waals surface area contributed by atoms with Crippen LogP contribution in [0.15, 0.2) is 29.8 Å². The average molecular weight is 263 g/mol. The van der Waals surface area contributed by atoms with Crippen molar-refractivity contribution >= 4 is 28.3 Å². The van der Waals surface area contributed by atoms with Crippen LogP contribution in [0.3, 0.4) is 0 Å². The van der Waals surface area contributed by atoms with E-state index in [1.807, 2.05) is 0 Å². The third kappa shape index (κ3) is 3.11. The minimum Gasteiger partial charge on any atom is -0.481 e. The van der Waals surface area contributed by atoms with Crippen molar-refractivity contribution < 1.29 is 14.7 Å². The van der Waals surface area contributed by atoms with Crippen LogP contribution in [0.2, 0.25) is 0 Å². The lowest BCUT2D eigenvalue weighted by Crippen LogP contribution is -2.13. The molecule has 2 rings (SSSR count). The van der Waals surface area contributed by atoms with Gasteiger partial charge in [-0.1, -0.05) is 6.07 Å². The number of carboxylic acid groups (broad SMARTS) is 1. The summed E-state index contributed by atoms with van der Waals surface area (Å²) in [7, 11) is 0. The maximum Gasteiger partial charge on any atom is 0.309 e. The SMILES string of the molecule is O=C(O)Cc1csc(NC(=O)c2ccccn2)n1. The van der Waals surface area contributed by atoms with Crippen LogP contribution in [0.25, 0.3) is 0 Å². The summed E-state index contributed by atoms with van der Waals surface area (Å²) in [6.45, 7) is 0. The highest BCUT2D eigenvalue weighted by Crippen LogP contribution is 2.16.